The van der Waals surface area contributed by atoms with Gasteiger partial charge in [0, 0.05) is 134 Å². The van der Waals surface area contributed by atoms with E-state index in [2.05, 4.69) is 43.2 Å². The summed E-state index contributed by atoms with van der Waals surface area (Å²) < 4.78 is 24.6. The second kappa shape index (κ2) is 43.8. The molecule has 2 saturated heterocycles. The fraction of sp³-hybridized carbons (Fsp3) is 0.509. The van der Waals surface area contributed by atoms with Crippen LogP contribution in [0.15, 0.2) is 97.1 Å². The van der Waals surface area contributed by atoms with E-state index in [1.54, 1.807) is 48.5 Å². The SMILES string of the molecule is C.CC[Si](Cl)(Cl)CC.CC[Si]1(CC)OCCN(C(=O)c2ccc(-c3ccc(C(=O)N4CCO[Si](CC)(CC)OCC4)cc3)cc2)CCO1.O=C(c1ccc(-c2ccc(C(=O)N(CCO)CCO)cc2)cc1)N(CCO)CCO.[B][B]B([B])[B].[B][B][B]. The molecule has 12 radical (unpaired) electrons. The summed E-state index contributed by atoms with van der Waals surface area (Å²) in [5.41, 5.74) is 5.91. The van der Waals surface area contributed by atoms with Gasteiger partial charge in [0.25, 0.3) is 30.3 Å². The maximum atomic E-state index is 13.2. The number of aliphatic hydroxyl groups excluding tert-OH is 4. The number of halogens is 2. The number of benzene rings is 4. The Morgan fingerprint density at radius 1 is 0.500 bits per heavy atom. The normalized spacial score (nSPS) is 14.4. The van der Waals surface area contributed by atoms with Crippen molar-refractivity contribution in [3.63, 3.8) is 0 Å². The highest BCUT2D eigenvalue weighted by atomic mass is 35.7. The molecule has 2 aliphatic rings. The lowest BCUT2D eigenvalue weighted by atomic mass is 8.97. The third kappa shape index (κ3) is 27.1. The van der Waals surface area contributed by atoms with Crippen molar-refractivity contribution in [1.29, 1.82) is 0 Å². The number of carbonyl (C=O) groups is 4. The summed E-state index contributed by atoms with van der Waals surface area (Å²) in [6.07, 6.45) is -0.463. The van der Waals surface area contributed by atoms with Crippen LogP contribution in [0.5, 0.6) is 0 Å². The summed E-state index contributed by atoms with van der Waals surface area (Å²) in [5, 5.41) is 36.3. The van der Waals surface area contributed by atoms with Gasteiger partial charge >= 0.3 is 17.1 Å². The van der Waals surface area contributed by atoms with Crippen molar-refractivity contribution in [3.05, 3.63) is 119 Å². The molecule has 0 spiro atoms. The fourth-order valence-electron chi connectivity index (χ4n) is 8.71. The molecule has 29 heteroatoms. The number of nitrogens with zero attached hydrogens (tertiary/aromatic N) is 4. The van der Waals surface area contributed by atoms with Crippen molar-refractivity contribution < 1.29 is 57.3 Å². The highest BCUT2D eigenvalue weighted by Gasteiger charge is 2.37. The van der Waals surface area contributed by atoms with Crippen LogP contribution >= 0.6 is 22.2 Å². The highest BCUT2D eigenvalue weighted by molar-refractivity contribution is 7.60. The minimum Gasteiger partial charge on any atom is -0.395 e. The number of rotatable bonds is 21. The van der Waals surface area contributed by atoms with Crippen LogP contribution in [0.3, 0.4) is 0 Å². The second-order valence-corrected chi connectivity index (χ2v) is 35.2. The van der Waals surface area contributed by atoms with E-state index in [1.165, 1.54) is 16.9 Å². The fourth-order valence-corrected chi connectivity index (χ4v) is 13.9. The molecule has 86 heavy (non-hydrogen) atoms. The molecular weight excluding hydrogens is 1170 g/mol. The van der Waals surface area contributed by atoms with Gasteiger partial charge in [0.05, 0.1) is 52.9 Å². The van der Waals surface area contributed by atoms with Gasteiger partial charge in [-0.3, -0.25) is 19.2 Å². The largest absolute Gasteiger partial charge is 0.395 e. The van der Waals surface area contributed by atoms with E-state index in [1.807, 2.05) is 72.2 Å². The zero-order valence-corrected chi connectivity index (χ0v) is 55.0. The summed E-state index contributed by atoms with van der Waals surface area (Å²) in [5.74, 6) is -0.557. The highest BCUT2D eigenvalue weighted by Crippen LogP contribution is 2.27. The summed E-state index contributed by atoms with van der Waals surface area (Å²) in [7, 11) is 21.6. The molecule has 6 rings (SSSR count). The molecule has 4 aromatic rings. The summed E-state index contributed by atoms with van der Waals surface area (Å²) in [6, 6.07) is 34.8. The summed E-state index contributed by atoms with van der Waals surface area (Å²) in [6.45, 7) is 15.1. The van der Waals surface area contributed by atoms with Crippen molar-refractivity contribution in [3.8, 4) is 22.3 Å². The van der Waals surface area contributed by atoms with Crippen LogP contribution in [0, 0.1) is 0 Å². The Hall–Kier alpha value is -3.81. The molecule has 2 fully saturated rings. The number of carbonyl (C=O) groups excluding carboxylic acids is 4. The Kier molecular flexibility index (Phi) is 40.8. The van der Waals surface area contributed by atoms with Crippen LogP contribution in [0.25, 0.3) is 22.3 Å². The molecule has 4 amide bonds. The lowest BCUT2D eigenvalue weighted by Crippen LogP contribution is -2.48. The van der Waals surface area contributed by atoms with Crippen molar-refractivity contribution in [2.45, 2.75) is 85.2 Å². The Morgan fingerprint density at radius 2 is 0.721 bits per heavy atom. The minimum atomic E-state index is -2.11. The van der Waals surface area contributed by atoms with Crippen LogP contribution in [0.1, 0.15) is 90.4 Å². The van der Waals surface area contributed by atoms with Gasteiger partial charge in [0.2, 0.25) is 0 Å². The van der Waals surface area contributed by atoms with Crippen LogP contribution in [0.4, 0.5) is 0 Å². The number of aliphatic hydroxyl groups is 4. The summed E-state index contributed by atoms with van der Waals surface area (Å²) >= 11 is 11.6. The Labute approximate surface area is 534 Å². The zero-order valence-electron chi connectivity index (χ0n) is 50.5. The first-order valence-electron chi connectivity index (χ1n) is 29.0. The Morgan fingerprint density at radius 3 is 0.895 bits per heavy atom. The molecule has 0 unspecified atom stereocenters. The molecule has 2 heterocycles. The molecule has 0 saturated carbocycles. The molecule has 0 aromatic heterocycles. The van der Waals surface area contributed by atoms with Gasteiger partial charge in [0.1, 0.15) is 0 Å². The zero-order chi connectivity index (χ0) is 63.4. The van der Waals surface area contributed by atoms with Crippen molar-refractivity contribution >= 4 is 129 Å². The lowest BCUT2D eigenvalue weighted by molar-refractivity contribution is 0.0576. The van der Waals surface area contributed by atoms with Gasteiger partial charge < -0.3 is 57.7 Å². The molecule has 456 valence electrons. The first kappa shape index (κ1) is 80.2. The standard InChI is InChI=1S/C30H44N2O6Si2.C22H28N2O6.C4H10Cl2Si.CH4.B5.B3/c1-5-39(6-2)35-21-17-31(18-22-36-39)29(33)27-13-9-25(10-14-27)26-11-15-28(16-12-26)30(34)32-19-23-37-40(7-3,8-4)38-24-20-32;25-13-9-23(10-14-26)21(29)19-5-1-17(2-6-19)18-3-7-20(8-4-18)22(30)24(11-15-27)12-16-28;1-3-7(5,6)4-2;;1-4-5(2)3;1-3-2/h9-16H,5-8,17-24H2,1-4H3;1-8,25-28H,9-16H2;3-4H2,1-2H3;1H4;;. The Balaban J connectivity index is 0.000000704. The van der Waals surface area contributed by atoms with Gasteiger partial charge in [0.15, 0.2) is 0 Å². The quantitative estimate of drug-likeness (QED) is 0.0559. The van der Waals surface area contributed by atoms with Crippen LogP contribution in [-0.4, -0.2) is 252 Å². The average molecular weight is 1260 g/mol. The molecule has 0 bridgehead atoms. The first-order valence-corrected chi connectivity index (χ1v) is 37.9. The van der Waals surface area contributed by atoms with Gasteiger partial charge in [-0.2, -0.15) is 0 Å². The monoisotopic (exact) mass is 1260 g/mol. The molecule has 2 aliphatic heterocycles. The van der Waals surface area contributed by atoms with Gasteiger partial charge in [-0.1, -0.05) is 97.5 Å². The minimum absolute atomic E-state index is 0. The van der Waals surface area contributed by atoms with Gasteiger partial charge in [-0.15, -0.1) is 22.2 Å². The third-order valence-corrected chi connectivity index (χ3v) is 26.6. The van der Waals surface area contributed by atoms with Gasteiger partial charge in [-0.05, 0) is 107 Å². The second-order valence-electron chi connectivity index (χ2n) is 19.5. The molecule has 4 N–H and O–H groups in total. The van der Waals surface area contributed by atoms with Crippen molar-refractivity contribution in [2.24, 2.45) is 0 Å². The predicted molar refractivity (Wildman–Crippen MR) is 364 cm³/mol. The molecule has 4 aromatic carbocycles. The van der Waals surface area contributed by atoms with E-state index in [0.29, 0.717) is 74.9 Å². The number of amides is 4. The van der Waals surface area contributed by atoms with Crippen LogP contribution in [-0.2, 0) is 17.7 Å². The molecule has 0 atom stereocenters. The topological polar surface area (TPSA) is 199 Å². The predicted octanol–water partition coefficient (Wildman–Crippen LogP) is 6.04. The molecule has 0 aliphatic carbocycles. The van der Waals surface area contributed by atoms with Crippen molar-refractivity contribution in [1.82, 2.24) is 19.6 Å². The average Bonchev–Trinajstić information content (AvgIpc) is 3.66. The maximum Gasteiger partial charge on any atom is 0.337 e. The first-order chi connectivity index (χ1) is 40.7. The number of hydrogen-bond acceptors (Lipinski definition) is 12. The van der Waals surface area contributed by atoms with Crippen LogP contribution < -0.4 is 0 Å². The van der Waals surface area contributed by atoms with E-state index in [0.717, 1.165) is 65.6 Å². The van der Waals surface area contributed by atoms with Gasteiger partial charge in [-0.25, -0.2) is 0 Å². The van der Waals surface area contributed by atoms with E-state index >= 15 is 0 Å². The Bertz CT molecular complexity index is 2320. The number of hydrogen-bond donors (Lipinski definition) is 4. The molecular formula is C57H86B8Cl2N4O12Si3. The van der Waals surface area contributed by atoms with E-state index in [9.17, 15) is 19.2 Å². The lowest BCUT2D eigenvalue weighted by Gasteiger charge is -2.34. The molecule has 16 nitrogen and oxygen atoms in total. The van der Waals surface area contributed by atoms with E-state index < -0.39 is 30.2 Å². The van der Waals surface area contributed by atoms with Crippen LogP contribution in [0.2, 0.25) is 36.3 Å². The third-order valence-electron chi connectivity index (χ3n) is 14.1. The summed E-state index contributed by atoms with van der Waals surface area (Å²) in [4.78, 5) is 57.7. The van der Waals surface area contributed by atoms with E-state index in [-0.39, 0.29) is 83.7 Å². The van der Waals surface area contributed by atoms with Crippen molar-refractivity contribution in [2.75, 3.05) is 105 Å². The maximum absolute atomic E-state index is 13.2. The smallest absolute Gasteiger partial charge is 0.337 e. The van der Waals surface area contributed by atoms with E-state index in [4.69, 9.17) is 83.5 Å².